The van der Waals surface area contributed by atoms with Crippen LogP contribution in [0.25, 0.3) is 0 Å². The maximum absolute atomic E-state index is 12.0. The average Bonchev–Trinajstić information content (AvgIpc) is 2.45. The Morgan fingerprint density at radius 1 is 1.35 bits per heavy atom. The zero-order valence-electron chi connectivity index (χ0n) is 14.4. The van der Waals surface area contributed by atoms with E-state index in [2.05, 4.69) is 10.2 Å². The van der Waals surface area contributed by atoms with Crippen molar-refractivity contribution in [2.75, 3.05) is 32.8 Å². The normalized spacial score (nSPS) is 21.9. The molecule has 1 aromatic carbocycles. The molecule has 0 bridgehead atoms. The summed E-state index contributed by atoms with van der Waals surface area (Å²) in [4.78, 5) is 14.1. The largest absolute Gasteiger partial charge is 0.494 e. The van der Waals surface area contributed by atoms with Crippen LogP contribution in [0.5, 0.6) is 5.75 Å². The third-order valence-corrected chi connectivity index (χ3v) is 3.76. The predicted molar refractivity (Wildman–Crippen MR) is 90.7 cm³/mol. The summed E-state index contributed by atoms with van der Waals surface area (Å²) in [6.07, 6.45) is 1.18. The molecule has 2 atom stereocenters. The number of hydrogen-bond donors (Lipinski definition) is 1. The van der Waals surface area contributed by atoms with E-state index in [4.69, 9.17) is 9.47 Å². The lowest BCUT2D eigenvalue weighted by atomic mass is 10.2. The molecule has 0 aromatic heterocycles. The maximum atomic E-state index is 12.0. The molecule has 1 amide bonds. The van der Waals surface area contributed by atoms with Gasteiger partial charge < -0.3 is 14.8 Å². The molecule has 2 unspecified atom stereocenters. The first kappa shape index (κ1) is 17.8. The Hall–Kier alpha value is -1.59. The highest BCUT2D eigenvalue weighted by molar-refractivity contribution is 5.77. The second kappa shape index (κ2) is 8.89. The van der Waals surface area contributed by atoms with Gasteiger partial charge in [-0.05, 0) is 44.9 Å². The number of nitrogens with zero attached hydrogens (tertiary/aromatic N) is 1. The molecular formula is C18H28N2O3. The molecule has 1 N–H and O–H groups in total. The average molecular weight is 320 g/mol. The Balaban J connectivity index is 1.58. The highest BCUT2D eigenvalue weighted by atomic mass is 16.5. The van der Waals surface area contributed by atoms with Crippen LogP contribution in [0.3, 0.4) is 0 Å². The van der Waals surface area contributed by atoms with Crippen molar-refractivity contribution in [3.63, 3.8) is 0 Å². The molecule has 23 heavy (non-hydrogen) atoms. The van der Waals surface area contributed by atoms with Crippen LogP contribution in [0.15, 0.2) is 24.3 Å². The third-order valence-electron chi connectivity index (χ3n) is 3.76. The summed E-state index contributed by atoms with van der Waals surface area (Å²) in [5.41, 5.74) is 1.18. The molecule has 0 saturated carbocycles. The molecular weight excluding hydrogens is 292 g/mol. The van der Waals surface area contributed by atoms with Crippen LogP contribution in [0.1, 0.15) is 25.8 Å². The van der Waals surface area contributed by atoms with Crippen molar-refractivity contribution >= 4 is 5.91 Å². The maximum Gasteiger partial charge on any atom is 0.234 e. The SMILES string of the molecule is Cc1cccc(OCCCNC(=O)CN2CC(C)OC(C)C2)c1. The number of amides is 1. The van der Waals surface area contributed by atoms with Gasteiger partial charge in [0, 0.05) is 19.6 Å². The fourth-order valence-electron chi connectivity index (χ4n) is 2.87. The van der Waals surface area contributed by atoms with Gasteiger partial charge in [0.2, 0.25) is 5.91 Å². The summed E-state index contributed by atoms with van der Waals surface area (Å²) < 4.78 is 11.3. The Labute approximate surface area is 139 Å². The number of carbonyl (C=O) groups excluding carboxylic acids is 1. The number of rotatable bonds is 7. The van der Waals surface area contributed by atoms with Crippen molar-refractivity contribution in [3.8, 4) is 5.75 Å². The van der Waals surface area contributed by atoms with Gasteiger partial charge in [-0.25, -0.2) is 0 Å². The van der Waals surface area contributed by atoms with E-state index < -0.39 is 0 Å². The van der Waals surface area contributed by atoms with Gasteiger partial charge in [-0.3, -0.25) is 9.69 Å². The molecule has 0 radical (unpaired) electrons. The molecule has 1 aromatic rings. The number of morpholine rings is 1. The number of carbonyl (C=O) groups is 1. The Bertz CT molecular complexity index is 497. The minimum atomic E-state index is 0.0712. The fourth-order valence-corrected chi connectivity index (χ4v) is 2.87. The van der Waals surface area contributed by atoms with E-state index in [9.17, 15) is 4.79 Å². The van der Waals surface area contributed by atoms with Gasteiger partial charge in [0.05, 0.1) is 25.4 Å². The minimum absolute atomic E-state index is 0.0712. The van der Waals surface area contributed by atoms with E-state index in [0.29, 0.717) is 19.7 Å². The molecule has 1 heterocycles. The van der Waals surface area contributed by atoms with E-state index in [1.165, 1.54) is 5.56 Å². The van der Waals surface area contributed by atoms with Crippen molar-refractivity contribution in [1.29, 1.82) is 0 Å². The van der Waals surface area contributed by atoms with Crippen molar-refractivity contribution in [2.45, 2.75) is 39.4 Å². The monoisotopic (exact) mass is 320 g/mol. The molecule has 2 rings (SSSR count). The number of aryl methyl sites for hydroxylation is 1. The first-order valence-corrected chi connectivity index (χ1v) is 8.37. The zero-order chi connectivity index (χ0) is 16.7. The molecule has 1 saturated heterocycles. The standard InChI is InChI=1S/C18H28N2O3/c1-14-6-4-7-17(10-14)22-9-5-8-19-18(21)13-20-11-15(2)23-16(3)12-20/h4,6-7,10,15-16H,5,8-9,11-13H2,1-3H3,(H,19,21). The predicted octanol–water partition coefficient (Wildman–Crippen LogP) is 1.99. The van der Waals surface area contributed by atoms with Crippen LogP contribution in [0.2, 0.25) is 0 Å². The summed E-state index contributed by atoms with van der Waals surface area (Å²) in [5.74, 6) is 0.953. The van der Waals surface area contributed by atoms with Crippen molar-refractivity contribution in [2.24, 2.45) is 0 Å². The zero-order valence-corrected chi connectivity index (χ0v) is 14.4. The highest BCUT2D eigenvalue weighted by Gasteiger charge is 2.23. The number of nitrogens with one attached hydrogen (secondary N) is 1. The van der Waals surface area contributed by atoms with Crippen LogP contribution in [0.4, 0.5) is 0 Å². The van der Waals surface area contributed by atoms with E-state index >= 15 is 0 Å². The van der Waals surface area contributed by atoms with E-state index in [1.54, 1.807) is 0 Å². The third kappa shape index (κ3) is 6.59. The second-order valence-corrected chi connectivity index (χ2v) is 6.32. The molecule has 1 aliphatic rings. The summed E-state index contributed by atoms with van der Waals surface area (Å²) in [6.45, 7) is 9.45. The van der Waals surface area contributed by atoms with Gasteiger partial charge in [0.15, 0.2) is 0 Å². The molecule has 1 aliphatic heterocycles. The lowest BCUT2D eigenvalue weighted by Crippen LogP contribution is -2.49. The van der Waals surface area contributed by atoms with Crippen LogP contribution in [0, 0.1) is 6.92 Å². The number of ether oxygens (including phenoxy) is 2. The Morgan fingerprint density at radius 2 is 2.09 bits per heavy atom. The van der Waals surface area contributed by atoms with Gasteiger partial charge >= 0.3 is 0 Å². The Kier molecular flexibility index (Phi) is 6.86. The van der Waals surface area contributed by atoms with Crippen molar-refractivity contribution < 1.29 is 14.3 Å². The second-order valence-electron chi connectivity index (χ2n) is 6.32. The molecule has 5 heteroatoms. The quantitative estimate of drug-likeness (QED) is 0.781. The first-order chi connectivity index (χ1) is 11.0. The van der Waals surface area contributed by atoms with Gasteiger partial charge in [0.1, 0.15) is 5.75 Å². The lowest BCUT2D eigenvalue weighted by molar-refractivity contribution is -0.125. The molecule has 1 fully saturated rings. The Morgan fingerprint density at radius 3 is 2.78 bits per heavy atom. The molecule has 128 valence electrons. The van der Waals surface area contributed by atoms with Crippen molar-refractivity contribution in [3.05, 3.63) is 29.8 Å². The van der Waals surface area contributed by atoms with Crippen LogP contribution < -0.4 is 10.1 Å². The number of hydrogen-bond acceptors (Lipinski definition) is 4. The summed E-state index contributed by atoms with van der Waals surface area (Å²) >= 11 is 0. The van der Waals surface area contributed by atoms with Gasteiger partial charge in [-0.15, -0.1) is 0 Å². The van der Waals surface area contributed by atoms with E-state index in [0.717, 1.165) is 25.3 Å². The minimum Gasteiger partial charge on any atom is -0.494 e. The molecule has 5 nitrogen and oxygen atoms in total. The van der Waals surface area contributed by atoms with Crippen LogP contribution >= 0.6 is 0 Å². The van der Waals surface area contributed by atoms with E-state index in [1.807, 2.05) is 45.0 Å². The summed E-state index contributed by atoms with van der Waals surface area (Å²) in [7, 11) is 0. The lowest BCUT2D eigenvalue weighted by Gasteiger charge is -2.34. The highest BCUT2D eigenvalue weighted by Crippen LogP contribution is 2.12. The van der Waals surface area contributed by atoms with Gasteiger partial charge in [-0.1, -0.05) is 12.1 Å². The topological polar surface area (TPSA) is 50.8 Å². The first-order valence-electron chi connectivity index (χ1n) is 8.37. The van der Waals surface area contributed by atoms with Crippen LogP contribution in [-0.2, 0) is 9.53 Å². The van der Waals surface area contributed by atoms with Crippen molar-refractivity contribution in [1.82, 2.24) is 10.2 Å². The smallest absolute Gasteiger partial charge is 0.234 e. The van der Waals surface area contributed by atoms with Gasteiger partial charge in [0.25, 0.3) is 0 Å². The van der Waals surface area contributed by atoms with Crippen LogP contribution in [-0.4, -0.2) is 55.8 Å². The summed E-state index contributed by atoms with van der Waals surface area (Å²) in [5, 5.41) is 2.96. The molecule has 0 aliphatic carbocycles. The number of benzene rings is 1. The van der Waals surface area contributed by atoms with Gasteiger partial charge in [-0.2, -0.15) is 0 Å². The molecule has 0 spiro atoms. The fraction of sp³-hybridized carbons (Fsp3) is 0.611. The summed E-state index contributed by atoms with van der Waals surface area (Å²) in [6, 6.07) is 7.99. The van der Waals surface area contributed by atoms with E-state index in [-0.39, 0.29) is 18.1 Å².